The average Bonchev–Trinajstić information content (AvgIpc) is 3.22. The van der Waals surface area contributed by atoms with Crippen molar-refractivity contribution in [2.45, 2.75) is 13.0 Å². The molecule has 1 N–H and O–H groups in total. The van der Waals surface area contributed by atoms with Gasteiger partial charge >= 0.3 is 6.03 Å². The number of allylic oxidation sites excluding steroid dienone is 1. The highest BCUT2D eigenvalue weighted by Crippen LogP contribution is 2.37. The van der Waals surface area contributed by atoms with Crippen molar-refractivity contribution in [3.05, 3.63) is 90.5 Å². The summed E-state index contributed by atoms with van der Waals surface area (Å²) in [6, 6.07) is 18.8. The predicted molar refractivity (Wildman–Crippen MR) is 107 cm³/mol. The van der Waals surface area contributed by atoms with Gasteiger partial charge < -0.3 is 9.84 Å². The minimum Gasteiger partial charge on any atom is -0.334 e. The molecule has 28 heavy (non-hydrogen) atoms. The average molecular weight is 372 g/mol. The summed E-state index contributed by atoms with van der Waals surface area (Å²) in [6.07, 6.45) is 1.69. The number of rotatable bonds is 5. The van der Waals surface area contributed by atoms with Gasteiger partial charge in [0, 0.05) is 17.8 Å². The first-order valence-electron chi connectivity index (χ1n) is 9.03. The fraction of sp³-hybridized carbons (Fsp3) is 0.136. The van der Waals surface area contributed by atoms with Gasteiger partial charge in [-0.1, -0.05) is 71.9 Å². The number of hydrogen-bond donors (Lipinski definition) is 1. The Kier molecular flexibility index (Phi) is 4.76. The molecule has 0 saturated heterocycles. The van der Waals surface area contributed by atoms with Crippen LogP contribution in [-0.2, 0) is 0 Å². The molecule has 0 bridgehead atoms. The van der Waals surface area contributed by atoms with Gasteiger partial charge in [0.25, 0.3) is 5.89 Å². The lowest BCUT2D eigenvalue weighted by atomic mass is 9.95. The van der Waals surface area contributed by atoms with E-state index in [4.69, 9.17) is 4.52 Å². The molecule has 0 fully saturated rings. The Morgan fingerprint density at radius 3 is 2.50 bits per heavy atom. The Morgan fingerprint density at radius 2 is 1.82 bits per heavy atom. The summed E-state index contributed by atoms with van der Waals surface area (Å²) in [5, 5.41) is 7.19. The molecular weight excluding hydrogens is 352 g/mol. The normalized spacial score (nSPS) is 16.8. The summed E-state index contributed by atoms with van der Waals surface area (Å²) in [7, 11) is 0. The van der Waals surface area contributed by atoms with E-state index in [0.29, 0.717) is 18.3 Å². The summed E-state index contributed by atoms with van der Waals surface area (Å²) in [5.74, 6) is 0.897. The van der Waals surface area contributed by atoms with Crippen LogP contribution in [0, 0.1) is 0 Å². The van der Waals surface area contributed by atoms with Gasteiger partial charge in [0.1, 0.15) is 0 Å². The van der Waals surface area contributed by atoms with Gasteiger partial charge in [-0.15, -0.1) is 6.58 Å². The number of carbonyl (C=O) groups excluding carboxylic acids is 1. The summed E-state index contributed by atoms with van der Waals surface area (Å²) in [6.45, 7) is 6.03. The van der Waals surface area contributed by atoms with E-state index in [9.17, 15) is 4.79 Å². The molecule has 0 saturated carbocycles. The first-order valence-corrected chi connectivity index (χ1v) is 9.03. The van der Waals surface area contributed by atoms with Crippen LogP contribution in [0.5, 0.6) is 0 Å². The van der Waals surface area contributed by atoms with Gasteiger partial charge in [0.2, 0.25) is 5.82 Å². The fourth-order valence-electron chi connectivity index (χ4n) is 3.34. The maximum atomic E-state index is 12.6. The minimum absolute atomic E-state index is 0.183. The zero-order chi connectivity index (χ0) is 19.5. The van der Waals surface area contributed by atoms with Crippen molar-refractivity contribution in [3.63, 3.8) is 0 Å². The van der Waals surface area contributed by atoms with Gasteiger partial charge in [-0.05, 0) is 12.5 Å². The summed E-state index contributed by atoms with van der Waals surface area (Å²) in [4.78, 5) is 18.9. The highest BCUT2D eigenvalue weighted by atomic mass is 16.5. The topological polar surface area (TPSA) is 71.3 Å². The number of amides is 2. The fourth-order valence-corrected chi connectivity index (χ4v) is 3.34. The van der Waals surface area contributed by atoms with Gasteiger partial charge in [0.05, 0.1) is 11.6 Å². The van der Waals surface area contributed by atoms with Crippen LogP contribution in [0.15, 0.2) is 83.5 Å². The van der Waals surface area contributed by atoms with E-state index < -0.39 is 0 Å². The third-order valence-corrected chi connectivity index (χ3v) is 4.73. The highest BCUT2D eigenvalue weighted by Gasteiger charge is 2.35. The van der Waals surface area contributed by atoms with Crippen LogP contribution in [0.2, 0.25) is 0 Å². The zero-order valence-corrected chi connectivity index (χ0v) is 15.5. The Morgan fingerprint density at radius 1 is 1.14 bits per heavy atom. The van der Waals surface area contributed by atoms with Crippen LogP contribution in [0.3, 0.4) is 0 Å². The van der Waals surface area contributed by atoms with Crippen molar-refractivity contribution in [1.82, 2.24) is 20.4 Å². The number of aromatic nitrogens is 2. The van der Waals surface area contributed by atoms with Crippen molar-refractivity contribution in [2.75, 3.05) is 6.54 Å². The largest absolute Gasteiger partial charge is 0.334 e. The van der Waals surface area contributed by atoms with Crippen molar-refractivity contribution in [2.24, 2.45) is 0 Å². The first-order chi connectivity index (χ1) is 13.7. The maximum absolute atomic E-state index is 12.6. The van der Waals surface area contributed by atoms with Crippen LogP contribution in [0.25, 0.3) is 17.0 Å². The standard InChI is InChI=1S/C22H20N4O2/c1-3-14-26-15(2)18(19(23-22(26)27)16-10-6-4-7-11-16)21-24-20(25-28-21)17-12-8-5-9-13-17/h3-13,19H,1,14H2,2H3,(H,23,27)/t19-/m0/s1. The molecule has 4 rings (SSSR count). The minimum atomic E-state index is -0.376. The quantitative estimate of drug-likeness (QED) is 0.673. The number of urea groups is 1. The van der Waals surface area contributed by atoms with Gasteiger partial charge in [-0.25, -0.2) is 4.79 Å². The number of nitrogens with zero attached hydrogens (tertiary/aromatic N) is 3. The molecule has 2 heterocycles. The smallest absolute Gasteiger partial charge is 0.322 e. The summed E-state index contributed by atoms with van der Waals surface area (Å²) in [5.41, 5.74) is 3.36. The third-order valence-electron chi connectivity index (χ3n) is 4.73. The van der Waals surface area contributed by atoms with E-state index in [1.54, 1.807) is 11.0 Å². The molecule has 0 aliphatic carbocycles. The van der Waals surface area contributed by atoms with E-state index in [-0.39, 0.29) is 12.1 Å². The molecule has 2 amide bonds. The molecule has 1 aromatic heterocycles. The van der Waals surface area contributed by atoms with E-state index in [2.05, 4.69) is 22.0 Å². The maximum Gasteiger partial charge on any atom is 0.322 e. The molecule has 6 nitrogen and oxygen atoms in total. The Bertz CT molecular complexity index is 1020. The first kappa shape index (κ1) is 17.7. The van der Waals surface area contributed by atoms with Crippen LogP contribution in [0.1, 0.15) is 24.4 Å². The second-order valence-corrected chi connectivity index (χ2v) is 6.48. The Hall–Kier alpha value is -3.67. The predicted octanol–water partition coefficient (Wildman–Crippen LogP) is 4.42. The van der Waals surface area contributed by atoms with E-state index in [0.717, 1.165) is 22.4 Å². The monoisotopic (exact) mass is 372 g/mol. The van der Waals surface area contributed by atoms with Gasteiger partial charge in [-0.2, -0.15) is 4.98 Å². The Balaban J connectivity index is 1.82. The molecule has 140 valence electrons. The van der Waals surface area contributed by atoms with E-state index in [1.165, 1.54) is 0 Å². The van der Waals surface area contributed by atoms with Crippen LogP contribution in [-0.4, -0.2) is 27.6 Å². The van der Waals surface area contributed by atoms with Crippen LogP contribution >= 0.6 is 0 Å². The van der Waals surface area contributed by atoms with Gasteiger partial charge in [0.15, 0.2) is 0 Å². The van der Waals surface area contributed by atoms with Crippen LogP contribution in [0.4, 0.5) is 4.79 Å². The van der Waals surface area contributed by atoms with E-state index in [1.807, 2.05) is 67.6 Å². The molecule has 0 spiro atoms. The molecule has 0 radical (unpaired) electrons. The van der Waals surface area contributed by atoms with E-state index >= 15 is 0 Å². The van der Waals surface area contributed by atoms with Crippen molar-refractivity contribution in [3.8, 4) is 11.4 Å². The molecule has 2 aromatic carbocycles. The number of carbonyl (C=O) groups is 1. The van der Waals surface area contributed by atoms with Crippen molar-refractivity contribution >= 4 is 11.6 Å². The Labute approximate surface area is 163 Å². The molecule has 6 heteroatoms. The highest BCUT2D eigenvalue weighted by molar-refractivity contribution is 5.87. The number of benzene rings is 2. The molecular formula is C22H20N4O2. The molecule has 1 aliphatic heterocycles. The lowest BCUT2D eigenvalue weighted by molar-refractivity contribution is 0.209. The summed E-state index contributed by atoms with van der Waals surface area (Å²) >= 11 is 0. The number of hydrogen-bond acceptors (Lipinski definition) is 4. The SMILES string of the molecule is C=CCN1C(=O)N[C@@H](c2ccccc2)C(c2nc(-c3ccccc3)no2)=C1C. The lowest BCUT2D eigenvalue weighted by Gasteiger charge is -2.34. The molecule has 0 unspecified atom stereocenters. The zero-order valence-electron chi connectivity index (χ0n) is 15.5. The second-order valence-electron chi connectivity index (χ2n) is 6.48. The second kappa shape index (κ2) is 7.52. The molecule has 3 aromatic rings. The lowest BCUT2D eigenvalue weighted by Crippen LogP contribution is -2.46. The van der Waals surface area contributed by atoms with Gasteiger partial charge in [-0.3, -0.25) is 4.90 Å². The van der Waals surface area contributed by atoms with Crippen molar-refractivity contribution in [1.29, 1.82) is 0 Å². The summed E-state index contributed by atoms with van der Waals surface area (Å²) < 4.78 is 5.62. The van der Waals surface area contributed by atoms with Crippen molar-refractivity contribution < 1.29 is 9.32 Å². The molecule has 1 atom stereocenters. The van der Waals surface area contributed by atoms with Crippen LogP contribution < -0.4 is 5.32 Å². The third kappa shape index (κ3) is 3.20. The number of nitrogens with one attached hydrogen (secondary N) is 1. The molecule has 1 aliphatic rings.